The second-order valence-electron chi connectivity index (χ2n) is 9.00. The molecule has 2 atom stereocenters. The van der Waals surface area contributed by atoms with E-state index in [9.17, 15) is 8.42 Å². The molecule has 2 unspecified atom stereocenters. The van der Waals surface area contributed by atoms with Gasteiger partial charge in [0.25, 0.3) is 0 Å². The van der Waals surface area contributed by atoms with Gasteiger partial charge >= 0.3 is 0 Å². The zero-order chi connectivity index (χ0) is 22.3. The van der Waals surface area contributed by atoms with Crippen molar-refractivity contribution in [1.29, 1.82) is 0 Å². The molecule has 2 fully saturated rings. The van der Waals surface area contributed by atoms with Crippen LogP contribution in [0.15, 0.2) is 35.3 Å². The highest BCUT2D eigenvalue weighted by molar-refractivity contribution is 7.88. The fourth-order valence-electron chi connectivity index (χ4n) is 4.56. The zero-order valence-electron chi connectivity index (χ0n) is 19.3. The highest BCUT2D eigenvalue weighted by Gasteiger charge is 2.27. The maximum atomic E-state index is 11.7. The molecule has 1 aromatic rings. The lowest BCUT2D eigenvalue weighted by molar-refractivity contribution is 0.134. The Morgan fingerprint density at radius 1 is 1.13 bits per heavy atom. The van der Waals surface area contributed by atoms with E-state index in [4.69, 9.17) is 4.99 Å². The van der Waals surface area contributed by atoms with Crippen molar-refractivity contribution in [2.45, 2.75) is 58.2 Å². The van der Waals surface area contributed by atoms with E-state index in [0.29, 0.717) is 31.1 Å². The number of sulfonamides is 1. The zero-order valence-corrected chi connectivity index (χ0v) is 20.1. The number of piperidine rings is 2. The molecule has 0 saturated carbocycles. The van der Waals surface area contributed by atoms with E-state index in [1.807, 2.05) is 0 Å². The van der Waals surface area contributed by atoms with Crippen LogP contribution in [0.2, 0.25) is 0 Å². The Labute approximate surface area is 188 Å². The summed E-state index contributed by atoms with van der Waals surface area (Å²) in [4.78, 5) is 7.41. The average Bonchev–Trinajstić information content (AvgIpc) is 2.74. The van der Waals surface area contributed by atoms with Gasteiger partial charge in [-0.25, -0.2) is 12.7 Å². The molecular formula is C23H39N5O2S. The molecule has 0 radical (unpaired) electrons. The first kappa shape index (κ1) is 24.0. The first-order chi connectivity index (χ1) is 14.8. The SMILES string of the molecule is CCNC(=NCC1CCN(S(C)(=O)=O)CC1)NC1CCN(Cc2ccccc2)C(C)C1. The number of hydrogen-bond donors (Lipinski definition) is 2. The summed E-state index contributed by atoms with van der Waals surface area (Å²) in [5.74, 6) is 1.34. The Kier molecular flexibility index (Phi) is 8.75. The van der Waals surface area contributed by atoms with Crippen molar-refractivity contribution in [1.82, 2.24) is 19.8 Å². The van der Waals surface area contributed by atoms with Crippen LogP contribution in [-0.2, 0) is 16.6 Å². The molecule has 2 aliphatic heterocycles. The van der Waals surface area contributed by atoms with Crippen molar-refractivity contribution in [3.05, 3.63) is 35.9 Å². The molecule has 0 aliphatic carbocycles. The molecule has 31 heavy (non-hydrogen) atoms. The van der Waals surface area contributed by atoms with Crippen molar-refractivity contribution in [2.75, 3.05) is 39.0 Å². The average molecular weight is 450 g/mol. The molecule has 0 spiro atoms. The number of guanidine groups is 1. The van der Waals surface area contributed by atoms with Gasteiger partial charge in [0, 0.05) is 51.4 Å². The minimum Gasteiger partial charge on any atom is -0.357 e. The number of aliphatic imine (C=N–C) groups is 1. The van der Waals surface area contributed by atoms with Crippen LogP contribution in [0.4, 0.5) is 0 Å². The van der Waals surface area contributed by atoms with E-state index in [1.54, 1.807) is 4.31 Å². The molecule has 2 heterocycles. The van der Waals surface area contributed by atoms with Gasteiger partial charge in [-0.05, 0) is 51.0 Å². The summed E-state index contributed by atoms with van der Waals surface area (Å²) < 4.78 is 25.0. The second-order valence-corrected chi connectivity index (χ2v) is 11.0. The Morgan fingerprint density at radius 3 is 2.45 bits per heavy atom. The molecule has 2 N–H and O–H groups in total. The summed E-state index contributed by atoms with van der Waals surface area (Å²) in [7, 11) is -3.07. The molecule has 0 aromatic heterocycles. The van der Waals surface area contributed by atoms with Gasteiger partial charge in [-0.2, -0.15) is 0 Å². The monoisotopic (exact) mass is 449 g/mol. The molecular weight excluding hydrogens is 410 g/mol. The first-order valence-corrected chi connectivity index (χ1v) is 13.5. The van der Waals surface area contributed by atoms with E-state index in [1.165, 1.54) is 11.8 Å². The highest BCUT2D eigenvalue weighted by atomic mass is 32.2. The fourth-order valence-corrected chi connectivity index (χ4v) is 5.44. The molecule has 0 bridgehead atoms. The third-order valence-corrected chi connectivity index (χ3v) is 7.78. The van der Waals surface area contributed by atoms with Crippen LogP contribution >= 0.6 is 0 Å². The van der Waals surface area contributed by atoms with E-state index in [0.717, 1.165) is 57.8 Å². The van der Waals surface area contributed by atoms with Gasteiger partial charge < -0.3 is 10.6 Å². The third kappa shape index (κ3) is 7.47. The van der Waals surface area contributed by atoms with Crippen LogP contribution in [0.1, 0.15) is 45.1 Å². The van der Waals surface area contributed by atoms with Crippen molar-refractivity contribution in [3.8, 4) is 0 Å². The number of nitrogens with zero attached hydrogens (tertiary/aromatic N) is 3. The number of nitrogens with one attached hydrogen (secondary N) is 2. The molecule has 2 aliphatic rings. The summed E-state index contributed by atoms with van der Waals surface area (Å²) in [6.07, 6.45) is 5.26. The van der Waals surface area contributed by atoms with Gasteiger partial charge in [0.15, 0.2) is 5.96 Å². The lowest BCUT2D eigenvalue weighted by Crippen LogP contribution is -2.51. The highest BCUT2D eigenvalue weighted by Crippen LogP contribution is 2.21. The molecule has 7 nitrogen and oxygen atoms in total. The Balaban J connectivity index is 1.48. The second kappa shape index (κ2) is 11.3. The number of benzene rings is 1. The van der Waals surface area contributed by atoms with E-state index < -0.39 is 10.0 Å². The predicted molar refractivity (Wildman–Crippen MR) is 128 cm³/mol. The van der Waals surface area contributed by atoms with Crippen molar-refractivity contribution >= 4 is 16.0 Å². The Bertz CT molecular complexity index is 807. The topological polar surface area (TPSA) is 77.0 Å². The van der Waals surface area contributed by atoms with E-state index >= 15 is 0 Å². The van der Waals surface area contributed by atoms with Crippen LogP contribution in [0.5, 0.6) is 0 Å². The summed E-state index contributed by atoms with van der Waals surface area (Å²) in [6, 6.07) is 11.6. The normalized spacial score (nSPS) is 24.8. The molecule has 2 saturated heterocycles. The standard InChI is InChI=1S/C23H39N5O2S/c1-4-24-23(25-17-20-10-14-28(15-11-20)31(3,29)30)26-22-12-13-27(19(2)16-22)18-21-8-6-5-7-9-21/h5-9,19-20,22H,4,10-18H2,1-3H3,(H2,24,25,26). The minimum atomic E-state index is -3.07. The van der Waals surface area contributed by atoms with E-state index in [2.05, 4.69) is 59.7 Å². The van der Waals surface area contributed by atoms with Crippen molar-refractivity contribution < 1.29 is 8.42 Å². The maximum Gasteiger partial charge on any atom is 0.211 e. The summed E-state index contributed by atoms with van der Waals surface area (Å²) in [6.45, 7) is 9.30. The van der Waals surface area contributed by atoms with Gasteiger partial charge in [0.2, 0.25) is 10.0 Å². The number of hydrogen-bond acceptors (Lipinski definition) is 4. The lowest BCUT2D eigenvalue weighted by atomic mass is 9.97. The Hall–Kier alpha value is -1.64. The van der Waals surface area contributed by atoms with Crippen molar-refractivity contribution in [2.24, 2.45) is 10.9 Å². The summed E-state index contributed by atoms with van der Waals surface area (Å²) >= 11 is 0. The van der Waals surface area contributed by atoms with Crippen LogP contribution < -0.4 is 10.6 Å². The molecule has 0 amide bonds. The smallest absolute Gasteiger partial charge is 0.211 e. The molecule has 3 rings (SSSR count). The van der Waals surface area contributed by atoms with Gasteiger partial charge in [-0.3, -0.25) is 9.89 Å². The van der Waals surface area contributed by atoms with Gasteiger partial charge in [-0.1, -0.05) is 30.3 Å². The molecule has 174 valence electrons. The Morgan fingerprint density at radius 2 is 1.84 bits per heavy atom. The van der Waals surface area contributed by atoms with Gasteiger partial charge in [0.05, 0.1) is 6.26 Å². The first-order valence-electron chi connectivity index (χ1n) is 11.6. The largest absolute Gasteiger partial charge is 0.357 e. The summed E-state index contributed by atoms with van der Waals surface area (Å²) in [5.41, 5.74) is 1.37. The van der Waals surface area contributed by atoms with Gasteiger partial charge in [-0.15, -0.1) is 0 Å². The molecule has 8 heteroatoms. The molecule has 1 aromatic carbocycles. The summed E-state index contributed by atoms with van der Waals surface area (Å²) in [5, 5.41) is 7.04. The van der Waals surface area contributed by atoms with E-state index in [-0.39, 0.29) is 0 Å². The van der Waals surface area contributed by atoms with Crippen molar-refractivity contribution in [3.63, 3.8) is 0 Å². The van der Waals surface area contributed by atoms with Crippen LogP contribution in [0.25, 0.3) is 0 Å². The fraction of sp³-hybridized carbons (Fsp3) is 0.696. The van der Waals surface area contributed by atoms with Gasteiger partial charge in [0.1, 0.15) is 0 Å². The van der Waals surface area contributed by atoms with Crippen LogP contribution in [-0.4, -0.2) is 74.6 Å². The number of likely N-dealkylation sites (tertiary alicyclic amines) is 1. The van der Waals surface area contributed by atoms with Crippen LogP contribution in [0, 0.1) is 5.92 Å². The van der Waals surface area contributed by atoms with Crippen LogP contribution in [0.3, 0.4) is 0 Å². The predicted octanol–water partition coefficient (Wildman–Crippen LogP) is 2.27. The third-order valence-electron chi connectivity index (χ3n) is 6.48. The number of rotatable bonds is 7. The quantitative estimate of drug-likeness (QED) is 0.493. The minimum absolute atomic E-state index is 0.423. The lowest BCUT2D eigenvalue weighted by Gasteiger charge is -2.38. The maximum absolute atomic E-state index is 11.7.